The first-order chi connectivity index (χ1) is 9.22. The van der Waals surface area contributed by atoms with Gasteiger partial charge in [0.1, 0.15) is 5.03 Å². The first-order valence-electron chi connectivity index (χ1n) is 6.68. The number of benzene rings is 1. The van der Waals surface area contributed by atoms with Crippen molar-refractivity contribution in [3.8, 4) is 0 Å². The molecule has 0 spiro atoms. The fourth-order valence-corrected chi connectivity index (χ4v) is 3.03. The van der Waals surface area contributed by atoms with Crippen molar-refractivity contribution in [1.29, 1.82) is 0 Å². The fraction of sp³-hybridized carbons (Fsp3) is 0.400. The Morgan fingerprint density at radius 2 is 2.00 bits per heavy atom. The Labute approximate surface area is 119 Å². The molecule has 1 aromatic heterocycles. The van der Waals surface area contributed by atoms with E-state index in [-0.39, 0.29) is 0 Å². The molecule has 2 aromatic rings. The third kappa shape index (κ3) is 3.61. The van der Waals surface area contributed by atoms with Gasteiger partial charge in [-0.2, -0.15) is 5.10 Å². The average molecular weight is 275 g/mol. The van der Waals surface area contributed by atoms with Gasteiger partial charge in [-0.05, 0) is 32.0 Å². The largest absolute Gasteiger partial charge is 0.313 e. The zero-order valence-electron chi connectivity index (χ0n) is 11.8. The zero-order chi connectivity index (χ0) is 13.7. The summed E-state index contributed by atoms with van der Waals surface area (Å²) in [7, 11) is 2.02. The Hall–Kier alpha value is -1.26. The van der Waals surface area contributed by atoms with E-state index in [0.29, 0.717) is 0 Å². The summed E-state index contributed by atoms with van der Waals surface area (Å²) in [5.74, 6) is 0. The van der Waals surface area contributed by atoms with Crippen molar-refractivity contribution in [3.05, 3.63) is 41.6 Å². The van der Waals surface area contributed by atoms with Crippen LogP contribution in [0.4, 0.5) is 0 Å². The molecule has 0 radical (unpaired) electrons. The van der Waals surface area contributed by atoms with E-state index < -0.39 is 0 Å². The van der Waals surface area contributed by atoms with Crippen LogP contribution in [0.1, 0.15) is 24.6 Å². The Morgan fingerprint density at radius 1 is 1.26 bits per heavy atom. The molecule has 0 bridgehead atoms. The highest BCUT2D eigenvalue weighted by molar-refractivity contribution is 7.99. The van der Waals surface area contributed by atoms with Crippen LogP contribution in [0.15, 0.2) is 40.3 Å². The number of nitrogens with zero attached hydrogens (tertiary/aromatic N) is 2. The maximum absolute atomic E-state index is 4.54. The smallest absolute Gasteiger partial charge is 0.103 e. The number of rotatable bonds is 6. The number of aryl methyl sites for hydroxylation is 2. The second-order valence-electron chi connectivity index (χ2n) is 4.58. The van der Waals surface area contributed by atoms with Crippen LogP contribution < -0.4 is 5.32 Å². The molecular weight excluding hydrogens is 254 g/mol. The molecule has 1 aromatic carbocycles. The molecule has 0 saturated heterocycles. The molecule has 1 N–H and O–H groups in total. The van der Waals surface area contributed by atoms with Gasteiger partial charge >= 0.3 is 0 Å². The van der Waals surface area contributed by atoms with Crippen molar-refractivity contribution < 1.29 is 0 Å². The molecule has 4 heteroatoms. The van der Waals surface area contributed by atoms with Gasteiger partial charge in [0, 0.05) is 24.1 Å². The van der Waals surface area contributed by atoms with Gasteiger partial charge in [-0.15, -0.1) is 0 Å². The van der Waals surface area contributed by atoms with Gasteiger partial charge in [-0.1, -0.05) is 36.9 Å². The Balaban J connectivity index is 2.19. The van der Waals surface area contributed by atoms with Crippen molar-refractivity contribution >= 4 is 11.8 Å². The minimum absolute atomic E-state index is 0.892. The third-order valence-corrected chi connectivity index (χ3v) is 4.19. The van der Waals surface area contributed by atoms with Gasteiger partial charge in [-0.25, -0.2) is 0 Å². The molecule has 19 heavy (non-hydrogen) atoms. The fourth-order valence-electron chi connectivity index (χ4n) is 2.00. The van der Waals surface area contributed by atoms with Crippen molar-refractivity contribution in [2.45, 2.75) is 36.7 Å². The molecule has 0 atom stereocenters. The van der Waals surface area contributed by atoms with Crippen LogP contribution in [0.5, 0.6) is 0 Å². The maximum Gasteiger partial charge on any atom is 0.103 e. The van der Waals surface area contributed by atoms with Crippen LogP contribution in [-0.2, 0) is 13.6 Å². The van der Waals surface area contributed by atoms with E-state index in [1.54, 1.807) is 11.8 Å². The second-order valence-corrected chi connectivity index (χ2v) is 5.65. The van der Waals surface area contributed by atoms with Crippen molar-refractivity contribution in [3.63, 3.8) is 0 Å². The molecule has 0 unspecified atom stereocenters. The summed E-state index contributed by atoms with van der Waals surface area (Å²) in [5.41, 5.74) is 2.43. The number of aromatic nitrogens is 2. The maximum atomic E-state index is 4.54. The van der Waals surface area contributed by atoms with E-state index in [1.165, 1.54) is 15.5 Å². The molecule has 0 aliphatic rings. The molecule has 1 heterocycles. The van der Waals surface area contributed by atoms with Crippen LogP contribution >= 0.6 is 11.8 Å². The highest BCUT2D eigenvalue weighted by Crippen LogP contribution is 2.31. The van der Waals surface area contributed by atoms with Crippen LogP contribution in [0.25, 0.3) is 0 Å². The second kappa shape index (κ2) is 6.78. The number of hydrogen-bond acceptors (Lipinski definition) is 3. The Kier molecular flexibility index (Phi) is 5.05. The van der Waals surface area contributed by atoms with Crippen molar-refractivity contribution in [1.82, 2.24) is 15.1 Å². The van der Waals surface area contributed by atoms with E-state index in [4.69, 9.17) is 0 Å². The zero-order valence-corrected chi connectivity index (χ0v) is 12.6. The van der Waals surface area contributed by atoms with Crippen molar-refractivity contribution in [2.75, 3.05) is 6.54 Å². The summed E-state index contributed by atoms with van der Waals surface area (Å²) < 4.78 is 1.98. The first kappa shape index (κ1) is 14.2. The molecule has 102 valence electrons. The van der Waals surface area contributed by atoms with Gasteiger partial charge in [0.2, 0.25) is 0 Å². The van der Waals surface area contributed by atoms with E-state index in [1.807, 2.05) is 17.8 Å². The van der Waals surface area contributed by atoms with E-state index in [0.717, 1.165) is 25.2 Å². The average Bonchev–Trinajstić information content (AvgIpc) is 2.67. The van der Waals surface area contributed by atoms with Crippen LogP contribution in [0.3, 0.4) is 0 Å². The van der Waals surface area contributed by atoms with Gasteiger partial charge in [0.05, 0.1) is 5.69 Å². The highest BCUT2D eigenvalue weighted by atomic mass is 32.2. The van der Waals surface area contributed by atoms with E-state index >= 15 is 0 Å². The summed E-state index contributed by atoms with van der Waals surface area (Å²) in [4.78, 5) is 1.25. The van der Waals surface area contributed by atoms with Gasteiger partial charge in [0.25, 0.3) is 0 Å². The SMILES string of the molecule is CCCNCc1c(C)nn(C)c1Sc1ccccc1. The molecule has 0 aliphatic heterocycles. The molecule has 0 amide bonds. The third-order valence-electron chi connectivity index (χ3n) is 2.98. The summed E-state index contributed by atoms with van der Waals surface area (Å²) in [6.07, 6.45) is 1.15. The summed E-state index contributed by atoms with van der Waals surface area (Å²) in [6, 6.07) is 10.5. The molecule has 0 saturated carbocycles. The van der Waals surface area contributed by atoms with Gasteiger partial charge in [0.15, 0.2) is 0 Å². The minimum Gasteiger partial charge on any atom is -0.313 e. The first-order valence-corrected chi connectivity index (χ1v) is 7.50. The summed E-state index contributed by atoms with van der Waals surface area (Å²) in [6.45, 7) is 6.20. The molecule has 3 nitrogen and oxygen atoms in total. The Morgan fingerprint density at radius 3 is 2.68 bits per heavy atom. The lowest BCUT2D eigenvalue weighted by Crippen LogP contribution is -2.14. The summed E-state index contributed by atoms with van der Waals surface area (Å²) >= 11 is 1.78. The lowest BCUT2D eigenvalue weighted by molar-refractivity contribution is 0.653. The molecule has 2 rings (SSSR count). The Bertz CT molecular complexity index is 520. The minimum atomic E-state index is 0.892. The van der Waals surface area contributed by atoms with Crippen molar-refractivity contribution in [2.24, 2.45) is 7.05 Å². The number of nitrogens with one attached hydrogen (secondary N) is 1. The van der Waals surface area contributed by atoms with Crippen LogP contribution in [0.2, 0.25) is 0 Å². The quantitative estimate of drug-likeness (QED) is 0.820. The number of hydrogen-bond donors (Lipinski definition) is 1. The van der Waals surface area contributed by atoms with Crippen LogP contribution in [-0.4, -0.2) is 16.3 Å². The predicted octanol–water partition coefficient (Wildman–Crippen LogP) is 3.38. The lowest BCUT2D eigenvalue weighted by Gasteiger charge is -2.07. The lowest BCUT2D eigenvalue weighted by atomic mass is 10.2. The van der Waals surface area contributed by atoms with Gasteiger partial charge < -0.3 is 5.32 Å². The van der Waals surface area contributed by atoms with Gasteiger partial charge in [-0.3, -0.25) is 4.68 Å². The molecule has 0 aliphatic carbocycles. The predicted molar refractivity (Wildman–Crippen MR) is 80.5 cm³/mol. The standard InChI is InChI=1S/C15H21N3S/c1-4-10-16-11-14-12(2)17-18(3)15(14)19-13-8-6-5-7-9-13/h5-9,16H,4,10-11H2,1-3H3. The highest BCUT2D eigenvalue weighted by Gasteiger charge is 2.13. The normalized spacial score (nSPS) is 10.9. The van der Waals surface area contributed by atoms with E-state index in [9.17, 15) is 0 Å². The van der Waals surface area contributed by atoms with E-state index in [2.05, 4.69) is 48.5 Å². The molecular formula is C15H21N3S. The van der Waals surface area contributed by atoms with Crippen LogP contribution in [0, 0.1) is 6.92 Å². The molecule has 0 fully saturated rings. The summed E-state index contributed by atoms with van der Waals surface area (Å²) in [5, 5.41) is 9.24. The topological polar surface area (TPSA) is 29.9 Å². The monoisotopic (exact) mass is 275 g/mol.